The van der Waals surface area contributed by atoms with Gasteiger partial charge < -0.3 is 4.42 Å². The highest BCUT2D eigenvalue weighted by Gasteiger charge is 2.00. The molecule has 11 heavy (non-hydrogen) atoms. The molecule has 0 saturated carbocycles. The smallest absolute Gasteiger partial charge is 0.328 e. The van der Waals surface area contributed by atoms with Crippen molar-refractivity contribution in [1.82, 2.24) is 9.97 Å². The standard InChI is InChI=1S/C6H4N2O3/c9-4-3-1-2-11-5(3)8-6(10)7-4/h1-2H,(H2,7,8,9,10). The Morgan fingerprint density at radius 3 is 2.91 bits per heavy atom. The highest BCUT2D eigenvalue weighted by atomic mass is 16.3. The quantitative estimate of drug-likeness (QED) is 0.549. The fourth-order valence-electron chi connectivity index (χ4n) is 0.890. The van der Waals surface area contributed by atoms with E-state index in [2.05, 4.69) is 9.97 Å². The molecular formula is C6H4N2O3. The lowest BCUT2D eigenvalue weighted by Gasteiger charge is -1.83. The van der Waals surface area contributed by atoms with Crippen molar-refractivity contribution in [2.75, 3.05) is 0 Å². The summed E-state index contributed by atoms with van der Waals surface area (Å²) in [5.41, 5.74) is -0.784. The van der Waals surface area contributed by atoms with Crippen molar-refractivity contribution in [3.63, 3.8) is 0 Å². The molecule has 0 unspecified atom stereocenters. The van der Waals surface area contributed by atoms with E-state index in [9.17, 15) is 9.59 Å². The van der Waals surface area contributed by atoms with E-state index in [1.807, 2.05) is 0 Å². The molecule has 0 radical (unpaired) electrons. The van der Waals surface area contributed by atoms with Crippen LogP contribution >= 0.6 is 0 Å². The van der Waals surface area contributed by atoms with Gasteiger partial charge in [-0.05, 0) is 6.07 Å². The fraction of sp³-hybridized carbons (Fsp3) is 0. The molecule has 2 aromatic heterocycles. The second kappa shape index (κ2) is 1.85. The van der Waals surface area contributed by atoms with Gasteiger partial charge in [-0.25, -0.2) is 4.79 Å². The molecule has 0 aliphatic heterocycles. The summed E-state index contributed by atoms with van der Waals surface area (Å²) in [5, 5.41) is 0.351. The molecule has 5 nitrogen and oxygen atoms in total. The van der Waals surface area contributed by atoms with Crippen LogP contribution in [-0.2, 0) is 0 Å². The van der Waals surface area contributed by atoms with Crippen molar-refractivity contribution in [2.45, 2.75) is 0 Å². The van der Waals surface area contributed by atoms with Crippen LogP contribution in [0.25, 0.3) is 11.1 Å². The Morgan fingerprint density at radius 2 is 2.09 bits per heavy atom. The summed E-state index contributed by atoms with van der Waals surface area (Å²) in [6.45, 7) is 0. The van der Waals surface area contributed by atoms with Gasteiger partial charge in [0.05, 0.1) is 6.26 Å². The van der Waals surface area contributed by atoms with Gasteiger partial charge in [-0.2, -0.15) is 0 Å². The summed E-state index contributed by atoms with van der Waals surface area (Å²) in [6, 6.07) is 1.49. The van der Waals surface area contributed by atoms with Gasteiger partial charge in [-0.3, -0.25) is 14.8 Å². The molecule has 2 heterocycles. The molecular weight excluding hydrogens is 148 g/mol. The Hall–Kier alpha value is -1.78. The zero-order valence-corrected chi connectivity index (χ0v) is 5.38. The minimum Gasteiger partial charge on any atom is -0.448 e. The third kappa shape index (κ3) is 0.778. The fourth-order valence-corrected chi connectivity index (χ4v) is 0.890. The van der Waals surface area contributed by atoms with E-state index in [1.165, 1.54) is 12.3 Å². The monoisotopic (exact) mass is 152 g/mol. The third-order valence-electron chi connectivity index (χ3n) is 1.36. The molecule has 0 aliphatic carbocycles. The molecule has 0 atom stereocenters. The van der Waals surface area contributed by atoms with Crippen LogP contribution in [0.3, 0.4) is 0 Å². The molecule has 2 rings (SSSR count). The molecule has 0 bridgehead atoms. The molecule has 5 heteroatoms. The van der Waals surface area contributed by atoms with E-state index < -0.39 is 11.2 Å². The van der Waals surface area contributed by atoms with Gasteiger partial charge in [0.15, 0.2) is 0 Å². The van der Waals surface area contributed by atoms with Crippen LogP contribution in [0, 0.1) is 0 Å². The summed E-state index contributed by atoms with van der Waals surface area (Å²) < 4.78 is 4.80. The summed E-state index contributed by atoms with van der Waals surface area (Å²) >= 11 is 0. The van der Waals surface area contributed by atoms with E-state index in [0.717, 1.165) is 0 Å². The molecule has 0 aromatic carbocycles. The number of furan rings is 1. The topological polar surface area (TPSA) is 78.9 Å². The number of nitrogens with one attached hydrogen (secondary N) is 2. The summed E-state index contributed by atoms with van der Waals surface area (Å²) in [6.07, 6.45) is 1.34. The first kappa shape index (κ1) is 5.96. The number of aromatic nitrogens is 2. The maximum Gasteiger partial charge on any atom is 0.328 e. The van der Waals surface area contributed by atoms with Crippen molar-refractivity contribution in [3.05, 3.63) is 33.2 Å². The molecule has 2 N–H and O–H groups in total. The molecule has 2 aromatic rings. The number of hydrogen-bond acceptors (Lipinski definition) is 3. The van der Waals surface area contributed by atoms with Gasteiger partial charge in [0.25, 0.3) is 5.56 Å². The van der Waals surface area contributed by atoms with Gasteiger partial charge in [0.1, 0.15) is 5.39 Å². The van der Waals surface area contributed by atoms with Crippen LogP contribution in [0.2, 0.25) is 0 Å². The highest BCUT2D eigenvalue weighted by molar-refractivity contribution is 5.70. The molecule has 0 fully saturated rings. The average Bonchev–Trinajstić information content (AvgIpc) is 2.34. The average molecular weight is 152 g/mol. The van der Waals surface area contributed by atoms with Gasteiger partial charge >= 0.3 is 5.69 Å². The zero-order chi connectivity index (χ0) is 7.84. The minimum atomic E-state index is -0.558. The molecule has 0 aliphatic rings. The summed E-state index contributed by atoms with van der Waals surface area (Å²) in [5.74, 6) is 0. The van der Waals surface area contributed by atoms with E-state index in [-0.39, 0.29) is 5.71 Å². The Balaban J connectivity index is 3.15. The lowest BCUT2D eigenvalue weighted by atomic mass is 10.4. The second-order valence-electron chi connectivity index (χ2n) is 2.07. The molecule has 0 spiro atoms. The maximum atomic E-state index is 10.9. The first-order chi connectivity index (χ1) is 5.27. The largest absolute Gasteiger partial charge is 0.448 e. The molecule has 56 valence electrons. The maximum absolute atomic E-state index is 10.9. The van der Waals surface area contributed by atoms with Crippen LogP contribution in [-0.4, -0.2) is 9.97 Å². The zero-order valence-electron chi connectivity index (χ0n) is 5.38. The molecule has 0 saturated heterocycles. The normalized spacial score (nSPS) is 10.5. The van der Waals surface area contributed by atoms with Gasteiger partial charge in [-0.1, -0.05) is 0 Å². The van der Waals surface area contributed by atoms with Crippen LogP contribution in [0.5, 0.6) is 0 Å². The molecule has 0 amide bonds. The Morgan fingerprint density at radius 1 is 1.27 bits per heavy atom. The number of rotatable bonds is 0. The van der Waals surface area contributed by atoms with Gasteiger partial charge in [0.2, 0.25) is 5.71 Å². The number of aromatic amines is 2. The van der Waals surface area contributed by atoms with Crippen molar-refractivity contribution in [1.29, 1.82) is 0 Å². The predicted octanol–water partition coefficient (Wildman–Crippen LogP) is -0.191. The highest BCUT2D eigenvalue weighted by Crippen LogP contribution is 2.02. The number of fused-ring (bicyclic) bond motifs is 1. The van der Waals surface area contributed by atoms with Crippen molar-refractivity contribution >= 4 is 11.1 Å². The predicted molar refractivity (Wildman–Crippen MR) is 37.5 cm³/mol. The van der Waals surface area contributed by atoms with Crippen LogP contribution in [0.15, 0.2) is 26.3 Å². The van der Waals surface area contributed by atoms with Crippen LogP contribution in [0.4, 0.5) is 0 Å². The van der Waals surface area contributed by atoms with Crippen molar-refractivity contribution < 1.29 is 4.42 Å². The Labute approximate surface area is 59.7 Å². The number of hydrogen-bond donors (Lipinski definition) is 2. The van der Waals surface area contributed by atoms with E-state index in [0.29, 0.717) is 5.39 Å². The lowest BCUT2D eigenvalue weighted by molar-refractivity contribution is 0.600. The van der Waals surface area contributed by atoms with Gasteiger partial charge in [-0.15, -0.1) is 0 Å². The number of H-pyrrole nitrogens is 2. The van der Waals surface area contributed by atoms with Crippen LogP contribution in [0.1, 0.15) is 0 Å². The first-order valence-corrected chi connectivity index (χ1v) is 2.97. The minimum absolute atomic E-state index is 0.207. The summed E-state index contributed by atoms with van der Waals surface area (Å²) in [7, 11) is 0. The first-order valence-electron chi connectivity index (χ1n) is 2.97. The van der Waals surface area contributed by atoms with Gasteiger partial charge in [0, 0.05) is 0 Å². The third-order valence-corrected chi connectivity index (χ3v) is 1.36. The Bertz CT molecular complexity index is 490. The van der Waals surface area contributed by atoms with E-state index >= 15 is 0 Å². The van der Waals surface area contributed by atoms with E-state index in [1.54, 1.807) is 0 Å². The van der Waals surface area contributed by atoms with Crippen molar-refractivity contribution in [3.8, 4) is 0 Å². The Kier molecular flexibility index (Phi) is 1.00. The summed E-state index contributed by atoms with van der Waals surface area (Å²) in [4.78, 5) is 26.0. The van der Waals surface area contributed by atoms with Crippen LogP contribution < -0.4 is 11.2 Å². The SMILES string of the molecule is O=c1[nH]c(=O)c2ccoc2[nH]1. The van der Waals surface area contributed by atoms with E-state index in [4.69, 9.17) is 4.42 Å². The lowest BCUT2D eigenvalue weighted by Crippen LogP contribution is -2.20. The van der Waals surface area contributed by atoms with Crippen molar-refractivity contribution in [2.24, 2.45) is 0 Å². The second-order valence-corrected chi connectivity index (χ2v) is 2.07.